The molecule has 0 saturated heterocycles. The van der Waals surface area contributed by atoms with Gasteiger partial charge in [-0.2, -0.15) is 9.61 Å². The van der Waals surface area contributed by atoms with Crippen molar-refractivity contribution >= 4 is 56.4 Å². The van der Waals surface area contributed by atoms with Crippen LogP contribution in [0.3, 0.4) is 0 Å². The second-order valence-electron chi connectivity index (χ2n) is 11.3. The van der Waals surface area contributed by atoms with Gasteiger partial charge in [0.15, 0.2) is 5.58 Å². The highest BCUT2D eigenvalue weighted by Crippen LogP contribution is 2.41. The largest absolute Gasteiger partial charge is 0.454 e. The molecule has 7 aromatic rings. The fraction of sp³-hybridized carbons (Fsp3) is 0.114. The van der Waals surface area contributed by atoms with E-state index in [-0.39, 0.29) is 11.3 Å². The number of benzene rings is 4. The molecular weight excluding hydrogens is 522 g/mol. The van der Waals surface area contributed by atoms with Crippen molar-refractivity contribution in [3.05, 3.63) is 127 Å². The Hall–Kier alpha value is -5.43. The molecule has 0 bridgehead atoms. The minimum atomic E-state index is -0.157. The van der Waals surface area contributed by atoms with Gasteiger partial charge in [0.05, 0.1) is 17.4 Å². The highest BCUT2D eigenvalue weighted by Gasteiger charge is 2.22. The maximum absolute atomic E-state index is 13.0. The van der Waals surface area contributed by atoms with Crippen molar-refractivity contribution in [1.82, 2.24) is 14.6 Å². The van der Waals surface area contributed by atoms with Crippen molar-refractivity contribution in [2.75, 3.05) is 10.2 Å². The first-order valence-corrected chi connectivity index (χ1v) is 13.9. The van der Waals surface area contributed by atoms with Crippen molar-refractivity contribution in [3.63, 3.8) is 0 Å². The van der Waals surface area contributed by atoms with E-state index in [1.54, 1.807) is 16.9 Å². The standard InChI is InChI=1S/C35H29N5O2/c1-35(2,3)24-13-11-23(12-14-24)33(41)38-25-15-17-26(18-16-25)39(34-36-21-19-27-20-22-37-40(27)34)30-9-6-8-29-28-7-4-5-10-31(28)42-32(29)30/h4-22H,1-3H3,(H,38,41). The molecule has 0 fully saturated rings. The minimum Gasteiger partial charge on any atom is -0.454 e. The van der Waals surface area contributed by atoms with Crippen molar-refractivity contribution < 1.29 is 9.21 Å². The fourth-order valence-electron chi connectivity index (χ4n) is 5.28. The van der Waals surface area contributed by atoms with Crippen LogP contribution >= 0.6 is 0 Å². The summed E-state index contributed by atoms with van der Waals surface area (Å²) in [5.74, 6) is 0.455. The number of nitrogens with zero attached hydrogens (tertiary/aromatic N) is 4. The van der Waals surface area contributed by atoms with Gasteiger partial charge in [0.1, 0.15) is 5.58 Å². The molecule has 0 atom stereocenters. The van der Waals surface area contributed by atoms with Crippen LogP contribution in [0.4, 0.5) is 23.0 Å². The van der Waals surface area contributed by atoms with Crippen LogP contribution in [0.5, 0.6) is 0 Å². The quantitative estimate of drug-likeness (QED) is 0.232. The molecule has 0 spiro atoms. The molecular formula is C35H29N5O2. The van der Waals surface area contributed by atoms with E-state index in [9.17, 15) is 4.79 Å². The van der Waals surface area contributed by atoms with Crippen molar-refractivity contribution in [2.45, 2.75) is 26.2 Å². The van der Waals surface area contributed by atoms with Gasteiger partial charge in [0.25, 0.3) is 5.91 Å². The van der Waals surface area contributed by atoms with E-state index in [0.717, 1.165) is 38.8 Å². The van der Waals surface area contributed by atoms with Gasteiger partial charge in [-0.1, -0.05) is 63.2 Å². The van der Waals surface area contributed by atoms with E-state index in [1.807, 2.05) is 95.9 Å². The van der Waals surface area contributed by atoms with Crippen molar-refractivity contribution in [3.8, 4) is 0 Å². The summed E-state index contributed by atoms with van der Waals surface area (Å²) >= 11 is 0. The van der Waals surface area contributed by atoms with Gasteiger partial charge in [-0.15, -0.1) is 0 Å². The number of hydrogen-bond donors (Lipinski definition) is 1. The second-order valence-corrected chi connectivity index (χ2v) is 11.3. The number of carbonyl (C=O) groups is 1. The molecule has 0 aliphatic carbocycles. The second kappa shape index (κ2) is 9.89. The van der Waals surface area contributed by atoms with Gasteiger partial charge in [-0.3, -0.25) is 9.69 Å². The maximum Gasteiger partial charge on any atom is 0.255 e. The molecule has 0 radical (unpaired) electrons. The van der Waals surface area contributed by atoms with Gasteiger partial charge in [-0.05, 0) is 71.6 Å². The number of rotatable bonds is 5. The lowest BCUT2D eigenvalue weighted by Gasteiger charge is -2.24. The summed E-state index contributed by atoms with van der Waals surface area (Å²) in [6, 6.07) is 33.5. The monoisotopic (exact) mass is 551 g/mol. The SMILES string of the molecule is CC(C)(C)c1ccc(C(=O)Nc2ccc(N(c3cccc4c3oc3ccccc34)c3nccc4ccnn34)cc2)cc1. The Morgan fingerprint density at radius 2 is 1.55 bits per heavy atom. The van der Waals surface area contributed by atoms with Gasteiger partial charge >= 0.3 is 0 Å². The Bertz CT molecular complexity index is 2070. The molecule has 4 aromatic carbocycles. The average Bonchev–Trinajstić information content (AvgIpc) is 3.64. The van der Waals surface area contributed by atoms with Crippen molar-refractivity contribution in [2.24, 2.45) is 0 Å². The number of nitrogens with one attached hydrogen (secondary N) is 1. The maximum atomic E-state index is 13.0. The molecule has 1 N–H and O–H groups in total. The molecule has 3 aromatic heterocycles. The normalized spacial score (nSPS) is 11.8. The molecule has 42 heavy (non-hydrogen) atoms. The first kappa shape index (κ1) is 25.5. The fourth-order valence-corrected chi connectivity index (χ4v) is 5.28. The zero-order chi connectivity index (χ0) is 28.8. The topological polar surface area (TPSA) is 75.7 Å². The highest BCUT2D eigenvalue weighted by molar-refractivity contribution is 6.10. The molecule has 1 amide bonds. The van der Waals surface area contributed by atoms with Crippen LogP contribution in [-0.4, -0.2) is 20.5 Å². The first-order valence-electron chi connectivity index (χ1n) is 13.9. The van der Waals surface area contributed by atoms with Gasteiger partial charge in [0, 0.05) is 33.9 Å². The lowest BCUT2D eigenvalue weighted by atomic mass is 9.87. The molecule has 0 unspecified atom stereocenters. The van der Waals surface area contributed by atoms with Crippen LogP contribution in [0, 0.1) is 0 Å². The van der Waals surface area contributed by atoms with Crippen LogP contribution in [0.15, 0.2) is 120 Å². The third-order valence-electron chi connectivity index (χ3n) is 7.52. The van der Waals surface area contributed by atoms with E-state index in [2.05, 4.69) is 43.3 Å². The molecule has 0 aliphatic heterocycles. The Kier molecular flexibility index (Phi) is 6.01. The van der Waals surface area contributed by atoms with Crippen LogP contribution < -0.4 is 10.2 Å². The smallest absolute Gasteiger partial charge is 0.255 e. The average molecular weight is 552 g/mol. The highest BCUT2D eigenvalue weighted by atomic mass is 16.3. The van der Waals surface area contributed by atoms with E-state index < -0.39 is 0 Å². The number of furan rings is 1. The zero-order valence-electron chi connectivity index (χ0n) is 23.6. The van der Waals surface area contributed by atoms with Crippen LogP contribution in [0.2, 0.25) is 0 Å². The lowest BCUT2D eigenvalue weighted by molar-refractivity contribution is 0.102. The Morgan fingerprint density at radius 1 is 0.810 bits per heavy atom. The van der Waals surface area contributed by atoms with Gasteiger partial charge in [-0.25, -0.2) is 4.98 Å². The molecule has 0 aliphatic rings. The Morgan fingerprint density at radius 3 is 2.33 bits per heavy atom. The van der Waals surface area contributed by atoms with Crippen LogP contribution in [-0.2, 0) is 5.41 Å². The van der Waals surface area contributed by atoms with E-state index in [1.165, 1.54) is 5.56 Å². The summed E-state index contributed by atoms with van der Waals surface area (Å²) in [7, 11) is 0. The molecule has 0 saturated carbocycles. The summed E-state index contributed by atoms with van der Waals surface area (Å²) in [5, 5.41) is 9.64. The third kappa shape index (κ3) is 4.45. The van der Waals surface area contributed by atoms with E-state index in [0.29, 0.717) is 17.2 Å². The Balaban J connectivity index is 1.28. The van der Waals surface area contributed by atoms with E-state index >= 15 is 0 Å². The summed E-state index contributed by atoms with van der Waals surface area (Å²) in [4.78, 5) is 19.8. The molecule has 7 heteroatoms. The molecule has 7 nitrogen and oxygen atoms in total. The number of carbonyl (C=O) groups excluding carboxylic acids is 1. The predicted molar refractivity (Wildman–Crippen MR) is 168 cm³/mol. The summed E-state index contributed by atoms with van der Waals surface area (Å²) in [6.45, 7) is 6.47. The number of hydrogen-bond acceptors (Lipinski definition) is 5. The van der Waals surface area contributed by atoms with Crippen LogP contribution in [0.1, 0.15) is 36.7 Å². The predicted octanol–water partition coefficient (Wildman–Crippen LogP) is 8.65. The van der Waals surface area contributed by atoms with Crippen molar-refractivity contribution in [1.29, 1.82) is 0 Å². The molecule has 7 rings (SSSR count). The zero-order valence-corrected chi connectivity index (χ0v) is 23.6. The first-order chi connectivity index (χ1) is 20.4. The lowest BCUT2D eigenvalue weighted by Crippen LogP contribution is -2.16. The number of para-hydroxylation sites is 2. The molecule has 206 valence electrons. The Labute approximate surface area is 243 Å². The summed E-state index contributed by atoms with van der Waals surface area (Å²) in [5.41, 5.74) is 6.67. The van der Waals surface area contributed by atoms with E-state index in [4.69, 9.17) is 9.40 Å². The number of amides is 1. The van der Waals surface area contributed by atoms with Gasteiger partial charge < -0.3 is 9.73 Å². The summed E-state index contributed by atoms with van der Waals surface area (Å²) in [6.07, 6.45) is 3.53. The number of fused-ring (bicyclic) bond motifs is 4. The molecule has 3 heterocycles. The minimum absolute atomic E-state index is 0.0266. The summed E-state index contributed by atoms with van der Waals surface area (Å²) < 4.78 is 8.20. The van der Waals surface area contributed by atoms with Crippen LogP contribution in [0.25, 0.3) is 27.5 Å². The number of aromatic nitrogens is 3. The van der Waals surface area contributed by atoms with Gasteiger partial charge in [0.2, 0.25) is 5.95 Å². The third-order valence-corrected chi connectivity index (χ3v) is 7.52. The number of anilines is 4.